The minimum Gasteiger partial charge on any atom is -0.298 e. The number of fused-ring (bicyclic) bond motifs is 1. The highest BCUT2D eigenvalue weighted by Gasteiger charge is 2.15. The number of hydrogen-bond acceptors (Lipinski definition) is 3. The molecule has 0 spiro atoms. The van der Waals surface area contributed by atoms with E-state index in [0.717, 1.165) is 27.9 Å². The Morgan fingerprint density at radius 1 is 1.00 bits per heavy atom. The molecule has 1 aromatic carbocycles. The van der Waals surface area contributed by atoms with Crippen molar-refractivity contribution in [3.63, 3.8) is 0 Å². The van der Waals surface area contributed by atoms with E-state index in [1.54, 1.807) is 11.3 Å². The zero-order chi connectivity index (χ0) is 14.9. The zero-order valence-corrected chi connectivity index (χ0v) is 12.9. The van der Waals surface area contributed by atoms with Crippen LogP contribution in [0.15, 0.2) is 60.1 Å². The zero-order valence-electron chi connectivity index (χ0n) is 12.1. The molecule has 0 aliphatic heterocycles. The third-order valence-electron chi connectivity index (χ3n) is 3.56. The van der Waals surface area contributed by atoms with Crippen LogP contribution in [0.3, 0.4) is 0 Å². The standard InChI is InChI=1S/C17H14N4S/c1-12-16(21-10-6-5-9-15(21)18-12)14-11-22-17(20-14)19-13-7-3-2-4-8-13/h2-11H,1H3,(H,19,20)/p+1. The molecule has 0 aliphatic rings. The van der Waals surface area contributed by atoms with E-state index in [4.69, 9.17) is 4.98 Å². The maximum Gasteiger partial charge on any atom is 0.288 e. The first-order chi connectivity index (χ1) is 10.8. The lowest BCUT2D eigenvalue weighted by Gasteiger charge is -1.98. The van der Waals surface area contributed by atoms with E-state index in [0.29, 0.717) is 0 Å². The molecule has 4 rings (SSSR count). The lowest BCUT2D eigenvalue weighted by molar-refractivity contribution is -0.478. The Hall–Kier alpha value is -2.50. The van der Waals surface area contributed by atoms with Crippen LogP contribution >= 0.6 is 11.3 Å². The van der Waals surface area contributed by atoms with Crippen LogP contribution in [-0.4, -0.2) is 14.4 Å². The molecule has 4 aromatic rings. The lowest BCUT2D eigenvalue weighted by atomic mass is 10.3. The first-order valence-corrected chi connectivity index (χ1v) is 7.98. The second-order valence-corrected chi connectivity index (χ2v) is 5.99. The molecule has 3 heterocycles. The molecular formula is C17H15N4S+. The predicted molar refractivity (Wildman–Crippen MR) is 88.7 cm³/mol. The summed E-state index contributed by atoms with van der Waals surface area (Å²) in [5, 5.41) is 5.21. The van der Waals surface area contributed by atoms with Gasteiger partial charge in [0.1, 0.15) is 17.0 Å². The van der Waals surface area contributed by atoms with Gasteiger partial charge in [-0.25, -0.2) is 4.98 Å². The van der Waals surface area contributed by atoms with Crippen LogP contribution in [0, 0.1) is 6.92 Å². The van der Waals surface area contributed by atoms with Gasteiger partial charge >= 0.3 is 0 Å². The molecule has 0 unspecified atom stereocenters. The average Bonchev–Trinajstić information content (AvgIpc) is 3.11. The van der Waals surface area contributed by atoms with Crippen molar-refractivity contribution in [2.75, 3.05) is 0 Å². The fourth-order valence-electron chi connectivity index (χ4n) is 2.58. The molecule has 0 aliphatic carbocycles. The van der Waals surface area contributed by atoms with Gasteiger partial charge in [0.05, 0.1) is 11.4 Å². The quantitative estimate of drug-likeness (QED) is 0.590. The van der Waals surface area contributed by atoms with Gasteiger partial charge in [-0.3, -0.25) is 9.72 Å². The Morgan fingerprint density at radius 3 is 2.68 bits per heavy atom. The minimum atomic E-state index is 0.955. The second kappa shape index (κ2) is 5.36. The summed E-state index contributed by atoms with van der Waals surface area (Å²) >= 11 is 1.65. The normalized spacial score (nSPS) is 11.1. The van der Waals surface area contributed by atoms with E-state index in [2.05, 4.69) is 32.2 Å². The second-order valence-electron chi connectivity index (χ2n) is 5.10. The summed E-state index contributed by atoms with van der Waals surface area (Å²) < 4.78 is 2.09. The first kappa shape index (κ1) is 13.2. The van der Waals surface area contributed by atoms with Crippen molar-refractivity contribution in [3.8, 4) is 11.4 Å². The molecule has 3 aromatic heterocycles. The number of pyridine rings is 1. The van der Waals surface area contributed by atoms with Gasteiger partial charge < -0.3 is 0 Å². The van der Waals surface area contributed by atoms with Crippen molar-refractivity contribution in [1.29, 1.82) is 0 Å². The Bertz CT molecular complexity index is 924. The van der Waals surface area contributed by atoms with E-state index >= 15 is 0 Å². The summed E-state index contributed by atoms with van der Waals surface area (Å²) in [6, 6.07) is 16.3. The summed E-state index contributed by atoms with van der Waals surface area (Å²) in [7, 11) is 0. The number of aryl methyl sites for hydroxylation is 1. The van der Waals surface area contributed by atoms with E-state index in [1.807, 2.05) is 49.5 Å². The molecule has 22 heavy (non-hydrogen) atoms. The van der Waals surface area contributed by atoms with Crippen molar-refractivity contribution >= 4 is 27.8 Å². The Labute approximate surface area is 132 Å². The van der Waals surface area contributed by atoms with Crippen LogP contribution in [-0.2, 0) is 0 Å². The number of aromatic nitrogens is 3. The molecule has 0 atom stereocenters. The molecule has 0 saturated carbocycles. The van der Waals surface area contributed by atoms with Gasteiger partial charge in [-0.1, -0.05) is 35.6 Å². The van der Waals surface area contributed by atoms with Gasteiger partial charge in [0, 0.05) is 11.6 Å². The van der Waals surface area contributed by atoms with Gasteiger partial charge in [-0.15, -0.1) is 0 Å². The van der Waals surface area contributed by atoms with Crippen molar-refractivity contribution in [2.45, 2.75) is 6.92 Å². The monoisotopic (exact) mass is 307 g/mol. The summed E-state index contributed by atoms with van der Waals surface area (Å²) in [5.74, 6) is 0. The molecule has 0 bridgehead atoms. The Balaban J connectivity index is 1.73. The Kier molecular flexibility index (Phi) is 3.21. The smallest absolute Gasteiger partial charge is 0.288 e. The minimum absolute atomic E-state index is 0.955. The van der Waals surface area contributed by atoms with Crippen molar-refractivity contribution in [2.24, 2.45) is 0 Å². The number of nitrogens with two attached hydrogens (primary N) is 1. The van der Waals surface area contributed by atoms with Crippen LogP contribution in [0.1, 0.15) is 5.69 Å². The number of nitrogens with zero attached hydrogens (tertiary/aromatic N) is 3. The van der Waals surface area contributed by atoms with Crippen molar-refractivity contribution in [3.05, 3.63) is 65.8 Å². The van der Waals surface area contributed by atoms with Crippen LogP contribution in [0.4, 0.5) is 10.8 Å². The molecule has 0 saturated heterocycles. The highest BCUT2D eigenvalue weighted by Crippen LogP contribution is 2.27. The number of quaternary nitrogens is 1. The Morgan fingerprint density at radius 2 is 1.82 bits per heavy atom. The van der Waals surface area contributed by atoms with Crippen molar-refractivity contribution in [1.82, 2.24) is 14.4 Å². The molecule has 0 amide bonds. The van der Waals surface area contributed by atoms with Gasteiger partial charge in [0.2, 0.25) is 0 Å². The number of benzene rings is 1. The average molecular weight is 307 g/mol. The number of para-hydroxylation sites is 1. The highest BCUT2D eigenvalue weighted by atomic mass is 32.1. The van der Waals surface area contributed by atoms with Crippen LogP contribution in [0.25, 0.3) is 17.0 Å². The molecule has 4 nitrogen and oxygen atoms in total. The third-order valence-corrected chi connectivity index (χ3v) is 4.35. The fourth-order valence-corrected chi connectivity index (χ4v) is 3.33. The van der Waals surface area contributed by atoms with Crippen LogP contribution < -0.4 is 5.32 Å². The molecule has 2 N–H and O–H groups in total. The van der Waals surface area contributed by atoms with E-state index in [-0.39, 0.29) is 0 Å². The number of hydrogen-bond donors (Lipinski definition) is 1. The number of thiazole rings is 1. The molecular weight excluding hydrogens is 292 g/mol. The largest absolute Gasteiger partial charge is 0.298 e. The maximum absolute atomic E-state index is 4.76. The summed E-state index contributed by atoms with van der Waals surface area (Å²) in [5.41, 5.74) is 5.17. The van der Waals surface area contributed by atoms with Crippen molar-refractivity contribution < 1.29 is 5.32 Å². The van der Waals surface area contributed by atoms with Crippen LogP contribution in [0.5, 0.6) is 0 Å². The summed E-state index contributed by atoms with van der Waals surface area (Å²) in [6.45, 7) is 2.03. The molecule has 5 heteroatoms. The summed E-state index contributed by atoms with van der Waals surface area (Å²) in [4.78, 5) is 9.36. The van der Waals surface area contributed by atoms with Gasteiger partial charge in [-0.05, 0) is 31.2 Å². The number of imidazole rings is 1. The van der Waals surface area contributed by atoms with Gasteiger partial charge in [0.15, 0.2) is 0 Å². The number of rotatable bonds is 3. The fraction of sp³-hybridized carbons (Fsp3) is 0.0588. The first-order valence-electron chi connectivity index (χ1n) is 7.11. The van der Waals surface area contributed by atoms with Crippen LogP contribution in [0.2, 0.25) is 0 Å². The van der Waals surface area contributed by atoms with E-state index < -0.39 is 0 Å². The van der Waals surface area contributed by atoms with Gasteiger partial charge in [0.25, 0.3) is 5.13 Å². The van der Waals surface area contributed by atoms with E-state index in [1.165, 1.54) is 5.69 Å². The van der Waals surface area contributed by atoms with Gasteiger partial charge in [-0.2, -0.15) is 4.98 Å². The third kappa shape index (κ3) is 2.30. The molecule has 0 radical (unpaired) electrons. The maximum atomic E-state index is 4.76. The van der Waals surface area contributed by atoms with E-state index in [9.17, 15) is 0 Å². The summed E-state index contributed by atoms with van der Waals surface area (Å²) in [6.07, 6.45) is 2.03. The predicted octanol–water partition coefficient (Wildman–Crippen LogP) is 3.29. The highest BCUT2D eigenvalue weighted by molar-refractivity contribution is 7.13. The lowest BCUT2D eigenvalue weighted by Crippen LogP contribution is -2.70. The molecule has 108 valence electrons. The topological polar surface area (TPSA) is 46.8 Å². The SMILES string of the molecule is Cc1nc2ccccn2c1-c1csc([NH2+]c2ccccc2)n1. The molecule has 0 fully saturated rings.